The summed E-state index contributed by atoms with van der Waals surface area (Å²) in [5.74, 6) is 2.04. The lowest BCUT2D eigenvalue weighted by molar-refractivity contribution is -0.124. The number of fused-ring (bicyclic) bond motifs is 3. The van der Waals surface area contributed by atoms with Crippen LogP contribution in [-0.4, -0.2) is 40.5 Å². The molecule has 4 aliphatic rings. The maximum absolute atomic E-state index is 13.2. The van der Waals surface area contributed by atoms with Crippen molar-refractivity contribution in [3.63, 3.8) is 0 Å². The molecule has 140 valence electrons. The van der Waals surface area contributed by atoms with E-state index in [1.807, 2.05) is 20.0 Å². The molecule has 26 heavy (non-hydrogen) atoms. The van der Waals surface area contributed by atoms with Crippen LogP contribution in [0.1, 0.15) is 58.6 Å². The zero-order valence-corrected chi connectivity index (χ0v) is 17.6. The van der Waals surface area contributed by atoms with Crippen molar-refractivity contribution in [1.82, 2.24) is 9.88 Å². The van der Waals surface area contributed by atoms with Gasteiger partial charge in [0.1, 0.15) is 0 Å². The number of rotatable bonds is 2. The molecular weight excluding hydrogens is 390 g/mol. The zero-order chi connectivity index (χ0) is 18.3. The average molecular weight is 418 g/mol. The maximum Gasteiger partial charge on any atom is 0.239 e. The Kier molecular flexibility index (Phi) is 3.66. The Morgan fingerprint density at radius 2 is 1.81 bits per heavy atom. The molecule has 2 unspecified atom stereocenters. The van der Waals surface area contributed by atoms with Gasteiger partial charge in [0.15, 0.2) is 0 Å². The van der Waals surface area contributed by atoms with Crippen molar-refractivity contribution in [3.05, 3.63) is 22.4 Å². The normalized spacial score (nSPS) is 38.4. The predicted molar refractivity (Wildman–Crippen MR) is 106 cm³/mol. The lowest BCUT2D eigenvalue weighted by atomic mass is 9.70. The van der Waals surface area contributed by atoms with Gasteiger partial charge in [-0.3, -0.25) is 14.7 Å². The first-order chi connectivity index (χ1) is 12.3. The number of hydrogen-bond acceptors (Lipinski definition) is 3. The Balaban J connectivity index is 1.38. The van der Waals surface area contributed by atoms with Crippen LogP contribution in [0.2, 0.25) is 0 Å². The van der Waals surface area contributed by atoms with Crippen LogP contribution in [0.3, 0.4) is 0 Å². The number of piperidine rings is 1. The van der Waals surface area contributed by atoms with Gasteiger partial charge in [-0.1, -0.05) is 0 Å². The van der Waals surface area contributed by atoms with Gasteiger partial charge in [0.2, 0.25) is 5.91 Å². The number of amides is 1. The fraction of sp³-hybridized carbons (Fsp3) is 0.714. The number of anilines is 1. The van der Waals surface area contributed by atoms with Crippen molar-refractivity contribution in [3.8, 4) is 0 Å². The van der Waals surface area contributed by atoms with E-state index in [2.05, 4.69) is 43.7 Å². The second-order valence-corrected chi connectivity index (χ2v) is 10.7. The summed E-state index contributed by atoms with van der Waals surface area (Å²) in [6, 6.07) is 2.38. The molecule has 3 heterocycles. The van der Waals surface area contributed by atoms with Crippen molar-refractivity contribution < 1.29 is 4.79 Å². The SMILES string of the molecule is CC1(C)C(=O)N([C@H]2C[C@@](C)(N3CC4CCC(C4)C3)C2)c2cc(Br)cnc21. The zero-order valence-electron chi connectivity index (χ0n) is 16.0. The standard InChI is InChI=1S/C21H28BrN3O/c1-20(2)18-17(7-15(22)10-23-18)25(19(20)26)16-8-21(3,9-16)24-11-13-4-5-14(6-13)12-24/h7,10,13-14,16H,4-6,8-9,11-12H2,1-3H3/t13?,14?,16-,21+. The Bertz CT molecular complexity index is 759. The maximum atomic E-state index is 13.2. The molecule has 1 aromatic heterocycles. The van der Waals surface area contributed by atoms with Gasteiger partial charge in [-0.05, 0) is 86.7 Å². The van der Waals surface area contributed by atoms with E-state index in [1.54, 1.807) is 0 Å². The van der Waals surface area contributed by atoms with E-state index in [4.69, 9.17) is 0 Å². The van der Waals surface area contributed by atoms with Crippen molar-refractivity contribution in [2.24, 2.45) is 11.8 Å². The number of carbonyl (C=O) groups is 1. The molecule has 0 N–H and O–H groups in total. The Hall–Kier alpha value is -0.940. The van der Waals surface area contributed by atoms with Crippen molar-refractivity contribution in [2.75, 3.05) is 18.0 Å². The number of pyridine rings is 1. The highest BCUT2D eigenvalue weighted by atomic mass is 79.9. The van der Waals surface area contributed by atoms with Gasteiger partial charge in [0.05, 0.1) is 16.8 Å². The predicted octanol–water partition coefficient (Wildman–Crippen LogP) is 4.12. The van der Waals surface area contributed by atoms with E-state index in [9.17, 15) is 4.79 Å². The first-order valence-corrected chi connectivity index (χ1v) is 10.8. The number of carbonyl (C=O) groups excluding carboxylic acids is 1. The van der Waals surface area contributed by atoms with Gasteiger partial charge >= 0.3 is 0 Å². The van der Waals surface area contributed by atoms with Gasteiger partial charge < -0.3 is 4.90 Å². The Morgan fingerprint density at radius 1 is 1.15 bits per heavy atom. The van der Waals surface area contributed by atoms with Crippen molar-refractivity contribution >= 4 is 27.5 Å². The lowest BCUT2D eigenvalue weighted by Gasteiger charge is -2.56. The lowest BCUT2D eigenvalue weighted by Crippen LogP contribution is -2.65. The minimum Gasteiger partial charge on any atom is -0.307 e. The van der Waals surface area contributed by atoms with E-state index in [0.29, 0.717) is 6.04 Å². The number of halogens is 1. The molecule has 2 saturated carbocycles. The van der Waals surface area contributed by atoms with Gasteiger partial charge in [-0.15, -0.1) is 0 Å². The van der Waals surface area contributed by atoms with E-state index in [-0.39, 0.29) is 11.4 Å². The van der Waals surface area contributed by atoms with Crippen LogP contribution < -0.4 is 4.90 Å². The summed E-state index contributed by atoms with van der Waals surface area (Å²) in [7, 11) is 0. The van der Waals surface area contributed by atoms with E-state index in [1.165, 1.54) is 32.4 Å². The highest BCUT2D eigenvalue weighted by Gasteiger charge is 2.55. The van der Waals surface area contributed by atoms with Gasteiger partial charge in [0.25, 0.3) is 0 Å². The summed E-state index contributed by atoms with van der Waals surface area (Å²) in [5.41, 5.74) is 1.68. The molecule has 4 nitrogen and oxygen atoms in total. The molecular formula is C21H28BrN3O. The quantitative estimate of drug-likeness (QED) is 0.725. The molecule has 5 rings (SSSR count). The van der Waals surface area contributed by atoms with Crippen LogP contribution in [-0.2, 0) is 10.2 Å². The summed E-state index contributed by atoms with van der Waals surface area (Å²) in [6.07, 6.45) is 8.27. The smallest absolute Gasteiger partial charge is 0.239 e. The first kappa shape index (κ1) is 17.2. The fourth-order valence-corrected chi connectivity index (χ4v) is 6.33. The molecule has 3 fully saturated rings. The molecule has 2 atom stereocenters. The average Bonchev–Trinajstić information content (AvgIpc) is 2.99. The number of nitrogens with zero attached hydrogens (tertiary/aromatic N) is 3. The van der Waals surface area contributed by atoms with Crippen molar-refractivity contribution in [1.29, 1.82) is 0 Å². The fourth-order valence-electron chi connectivity index (χ4n) is 6.01. The highest BCUT2D eigenvalue weighted by molar-refractivity contribution is 9.10. The molecule has 2 aliphatic carbocycles. The Morgan fingerprint density at radius 3 is 2.46 bits per heavy atom. The van der Waals surface area contributed by atoms with Crippen molar-refractivity contribution in [2.45, 2.75) is 69.9 Å². The van der Waals surface area contributed by atoms with E-state index < -0.39 is 5.41 Å². The van der Waals surface area contributed by atoms with Gasteiger partial charge in [-0.25, -0.2) is 0 Å². The van der Waals surface area contributed by atoms with Crippen LogP contribution in [0, 0.1) is 11.8 Å². The van der Waals surface area contributed by atoms with Crippen LogP contribution >= 0.6 is 15.9 Å². The molecule has 0 aromatic carbocycles. The minimum atomic E-state index is -0.522. The topological polar surface area (TPSA) is 36.4 Å². The summed E-state index contributed by atoms with van der Waals surface area (Å²) in [5, 5.41) is 0. The molecule has 2 aliphatic heterocycles. The van der Waals surface area contributed by atoms with E-state index in [0.717, 1.165) is 40.5 Å². The van der Waals surface area contributed by atoms with Crippen LogP contribution in [0.4, 0.5) is 5.69 Å². The second-order valence-electron chi connectivity index (χ2n) is 9.83. The highest BCUT2D eigenvalue weighted by Crippen LogP contribution is 2.51. The molecule has 5 heteroatoms. The third-order valence-electron chi connectivity index (χ3n) is 7.53. The van der Waals surface area contributed by atoms with Crippen LogP contribution in [0.15, 0.2) is 16.7 Å². The molecule has 2 bridgehead atoms. The van der Waals surface area contributed by atoms with Crippen LogP contribution in [0.5, 0.6) is 0 Å². The molecule has 1 aromatic rings. The number of likely N-dealkylation sites (tertiary alicyclic amines) is 1. The third kappa shape index (κ3) is 2.35. The van der Waals surface area contributed by atoms with E-state index >= 15 is 0 Å². The third-order valence-corrected chi connectivity index (χ3v) is 7.96. The second kappa shape index (κ2) is 5.54. The molecule has 0 spiro atoms. The number of hydrogen-bond donors (Lipinski definition) is 0. The summed E-state index contributed by atoms with van der Waals surface area (Å²) < 4.78 is 0.946. The monoisotopic (exact) mass is 417 g/mol. The van der Waals surface area contributed by atoms with Crippen LogP contribution in [0.25, 0.3) is 0 Å². The molecule has 1 amide bonds. The number of aromatic nitrogens is 1. The largest absolute Gasteiger partial charge is 0.307 e. The van der Waals surface area contributed by atoms with Gasteiger partial charge in [-0.2, -0.15) is 0 Å². The Labute approximate surface area is 164 Å². The summed E-state index contributed by atoms with van der Waals surface area (Å²) in [6.45, 7) is 8.97. The molecule has 1 saturated heterocycles. The first-order valence-electron chi connectivity index (χ1n) is 10.0. The van der Waals surface area contributed by atoms with Gasteiger partial charge in [0, 0.05) is 35.3 Å². The minimum absolute atomic E-state index is 0.212. The summed E-state index contributed by atoms with van der Waals surface area (Å²) in [4.78, 5) is 22.6. The molecule has 0 radical (unpaired) electrons. The summed E-state index contributed by atoms with van der Waals surface area (Å²) >= 11 is 3.54.